The predicted molar refractivity (Wildman–Crippen MR) is 83.1 cm³/mol. The van der Waals surface area contributed by atoms with Crippen LogP contribution in [-0.4, -0.2) is 17.0 Å². The molecule has 0 aliphatic rings. The second-order valence-corrected chi connectivity index (χ2v) is 4.83. The third kappa shape index (κ3) is 3.35. The van der Waals surface area contributed by atoms with Crippen molar-refractivity contribution < 1.29 is 4.74 Å². The standard InChI is InChI=1S/C17H17N3O/c1-18-10-13-4-6-15(20-11-13)12-21-16-7-5-14-3-2-8-19-17(14)9-16/h2-9,11,18H,10,12H2,1H3. The lowest BCUT2D eigenvalue weighted by Crippen LogP contribution is -2.06. The highest BCUT2D eigenvalue weighted by atomic mass is 16.5. The van der Waals surface area contributed by atoms with Gasteiger partial charge in [0.25, 0.3) is 0 Å². The molecular formula is C17H17N3O. The molecule has 0 saturated carbocycles. The van der Waals surface area contributed by atoms with Gasteiger partial charge in [-0.05, 0) is 36.9 Å². The average molecular weight is 279 g/mol. The minimum absolute atomic E-state index is 0.457. The molecule has 21 heavy (non-hydrogen) atoms. The molecule has 0 fully saturated rings. The van der Waals surface area contributed by atoms with Crippen molar-refractivity contribution in [1.82, 2.24) is 15.3 Å². The van der Waals surface area contributed by atoms with Crippen LogP contribution in [0, 0.1) is 0 Å². The zero-order chi connectivity index (χ0) is 14.5. The Morgan fingerprint density at radius 1 is 1.10 bits per heavy atom. The summed E-state index contributed by atoms with van der Waals surface area (Å²) in [5.41, 5.74) is 3.01. The molecule has 2 aromatic heterocycles. The van der Waals surface area contributed by atoms with Gasteiger partial charge in [0.1, 0.15) is 12.4 Å². The summed E-state index contributed by atoms with van der Waals surface area (Å²) in [6.45, 7) is 1.28. The number of benzene rings is 1. The van der Waals surface area contributed by atoms with Crippen LogP contribution < -0.4 is 10.1 Å². The molecule has 3 aromatic rings. The van der Waals surface area contributed by atoms with Crippen molar-refractivity contribution in [1.29, 1.82) is 0 Å². The van der Waals surface area contributed by atoms with Gasteiger partial charge in [-0.3, -0.25) is 9.97 Å². The number of hydrogen-bond donors (Lipinski definition) is 1. The van der Waals surface area contributed by atoms with Gasteiger partial charge in [-0.2, -0.15) is 0 Å². The van der Waals surface area contributed by atoms with E-state index in [-0.39, 0.29) is 0 Å². The third-order valence-corrected chi connectivity index (χ3v) is 3.23. The van der Waals surface area contributed by atoms with Gasteiger partial charge in [0.15, 0.2) is 0 Å². The van der Waals surface area contributed by atoms with E-state index in [9.17, 15) is 0 Å². The first-order chi connectivity index (χ1) is 10.3. The van der Waals surface area contributed by atoms with Gasteiger partial charge >= 0.3 is 0 Å². The van der Waals surface area contributed by atoms with Crippen LogP contribution in [0.1, 0.15) is 11.3 Å². The molecule has 3 rings (SSSR count). The monoisotopic (exact) mass is 279 g/mol. The number of hydrogen-bond acceptors (Lipinski definition) is 4. The highest BCUT2D eigenvalue weighted by molar-refractivity contribution is 5.79. The maximum absolute atomic E-state index is 5.78. The lowest BCUT2D eigenvalue weighted by atomic mass is 10.2. The summed E-state index contributed by atoms with van der Waals surface area (Å²) < 4.78 is 5.78. The molecule has 0 saturated heterocycles. The largest absolute Gasteiger partial charge is 0.487 e. The smallest absolute Gasteiger partial charge is 0.130 e. The molecule has 106 valence electrons. The maximum Gasteiger partial charge on any atom is 0.130 e. The summed E-state index contributed by atoms with van der Waals surface area (Å²) in [6, 6.07) is 13.9. The van der Waals surface area contributed by atoms with E-state index in [2.05, 4.69) is 21.4 Å². The van der Waals surface area contributed by atoms with Gasteiger partial charge in [-0.1, -0.05) is 12.1 Å². The molecule has 1 N–H and O–H groups in total. The first kappa shape index (κ1) is 13.5. The van der Waals surface area contributed by atoms with Crippen LogP contribution in [0.25, 0.3) is 10.9 Å². The van der Waals surface area contributed by atoms with Crippen molar-refractivity contribution >= 4 is 10.9 Å². The Labute approximate surface area is 123 Å². The first-order valence-electron chi connectivity index (χ1n) is 6.91. The van der Waals surface area contributed by atoms with E-state index in [1.165, 1.54) is 0 Å². The van der Waals surface area contributed by atoms with E-state index in [1.807, 2.05) is 49.6 Å². The van der Waals surface area contributed by atoms with Crippen molar-refractivity contribution in [2.45, 2.75) is 13.2 Å². The van der Waals surface area contributed by atoms with Crippen molar-refractivity contribution in [3.63, 3.8) is 0 Å². The fraction of sp³-hybridized carbons (Fsp3) is 0.176. The zero-order valence-corrected chi connectivity index (χ0v) is 11.9. The lowest BCUT2D eigenvalue weighted by molar-refractivity contribution is 0.301. The third-order valence-electron chi connectivity index (χ3n) is 3.23. The SMILES string of the molecule is CNCc1ccc(COc2ccc3cccnc3c2)nc1. The minimum atomic E-state index is 0.457. The Morgan fingerprint density at radius 2 is 2.05 bits per heavy atom. The quantitative estimate of drug-likeness (QED) is 0.780. The topological polar surface area (TPSA) is 47.0 Å². The Bertz CT molecular complexity index is 725. The molecule has 0 unspecified atom stereocenters. The summed E-state index contributed by atoms with van der Waals surface area (Å²) in [5, 5.41) is 4.21. The van der Waals surface area contributed by atoms with Crippen molar-refractivity contribution in [2.75, 3.05) is 7.05 Å². The van der Waals surface area contributed by atoms with E-state index in [0.29, 0.717) is 6.61 Å². The normalized spacial score (nSPS) is 10.7. The van der Waals surface area contributed by atoms with Crippen LogP contribution in [0.4, 0.5) is 0 Å². The number of ether oxygens (including phenoxy) is 1. The molecule has 4 heteroatoms. The Balaban J connectivity index is 1.68. The molecule has 1 aromatic carbocycles. The summed E-state index contributed by atoms with van der Waals surface area (Å²) in [7, 11) is 1.92. The van der Waals surface area contributed by atoms with Gasteiger partial charge in [0, 0.05) is 30.4 Å². The maximum atomic E-state index is 5.78. The molecular weight excluding hydrogens is 262 g/mol. The number of fused-ring (bicyclic) bond motifs is 1. The summed E-state index contributed by atoms with van der Waals surface area (Å²) in [4.78, 5) is 8.72. The summed E-state index contributed by atoms with van der Waals surface area (Å²) >= 11 is 0. The van der Waals surface area contributed by atoms with E-state index in [1.54, 1.807) is 6.20 Å². The molecule has 0 amide bonds. The number of nitrogens with zero attached hydrogens (tertiary/aromatic N) is 2. The van der Waals surface area contributed by atoms with E-state index in [4.69, 9.17) is 4.74 Å². The first-order valence-corrected chi connectivity index (χ1v) is 6.91. The van der Waals surface area contributed by atoms with Crippen LogP contribution in [0.5, 0.6) is 5.75 Å². The number of pyridine rings is 2. The Kier molecular flexibility index (Phi) is 4.07. The summed E-state index contributed by atoms with van der Waals surface area (Å²) in [5.74, 6) is 0.808. The molecule has 2 heterocycles. The van der Waals surface area contributed by atoms with Crippen LogP contribution in [0.15, 0.2) is 54.9 Å². The zero-order valence-electron chi connectivity index (χ0n) is 11.9. The second kappa shape index (κ2) is 6.33. The van der Waals surface area contributed by atoms with E-state index >= 15 is 0 Å². The molecule has 4 nitrogen and oxygen atoms in total. The van der Waals surface area contributed by atoms with Gasteiger partial charge in [-0.15, -0.1) is 0 Å². The molecule has 0 atom stereocenters. The molecule has 0 aliphatic carbocycles. The van der Waals surface area contributed by atoms with Crippen LogP contribution in [0.2, 0.25) is 0 Å². The molecule has 0 aliphatic heterocycles. The number of aromatic nitrogens is 2. The van der Waals surface area contributed by atoms with E-state index < -0.39 is 0 Å². The average Bonchev–Trinajstić information content (AvgIpc) is 2.54. The van der Waals surface area contributed by atoms with Crippen molar-refractivity contribution in [2.24, 2.45) is 0 Å². The number of nitrogens with one attached hydrogen (secondary N) is 1. The fourth-order valence-electron chi connectivity index (χ4n) is 2.14. The highest BCUT2D eigenvalue weighted by Crippen LogP contribution is 2.19. The van der Waals surface area contributed by atoms with Crippen molar-refractivity contribution in [3.05, 3.63) is 66.1 Å². The predicted octanol–water partition coefficient (Wildman–Crippen LogP) is 2.93. The Morgan fingerprint density at radius 3 is 2.86 bits per heavy atom. The molecule has 0 spiro atoms. The second-order valence-electron chi connectivity index (χ2n) is 4.83. The minimum Gasteiger partial charge on any atom is -0.487 e. The van der Waals surface area contributed by atoms with Crippen LogP contribution in [-0.2, 0) is 13.2 Å². The van der Waals surface area contributed by atoms with Gasteiger partial charge in [0.2, 0.25) is 0 Å². The molecule has 0 bridgehead atoms. The lowest BCUT2D eigenvalue weighted by Gasteiger charge is -2.07. The fourth-order valence-corrected chi connectivity index (χ4v) is 2.14. The molecule has 0 radical (unpaired) electrons. The number of rotatable bonds is 5. The van der Waals surface area contributed by atoms with Gasteiger partial charge in [0.05, 0.1) is 11.2 Å². The highest BCUT2D eigenvalue weighted by Gasteiger charge is 2.00. The van der Waals surface area contributed by atoms with Crippen LogP contribution in [0.3, 0.4) is 0 Å². The summed E-state index contributed by atoms with van der Waals surface area (Å²) in [6.07, 6.45) is 3.66. The Hall–Kier alpha value is -2.46. The van der Waals surface area contributed by atoms with Gasteiger partial charge in [-0.25, -0.2) is 0 Å². The van der Waals surface area contributed by atoms with Gasteiger partial charge < -0.3 is 10.1 Å². The van der Waals surface area contributed by atoms with Crippen molar-refractivity contribution in [3.8, 4) is 5.75 Å². The van der Waals surface area contributed by atoms with E-state index in [0.717, 1.165) is 34.5 Å². The van der Waals surface area contributed by atoms with Crippen LogP contribution >= 0.6 is 0 Å².